The monoisotopic (exact) mass is 364 g/mol. The molecule has 3 nitrogen and oxygen atoms in total. The van der Waals surface area contributed by atoms with E-state index in [4.69, 9.17) is 4.74 Å². The van der Waals surface area contributed by atoms with Crippen molar-refractivity contribution in [1.29, 1.82) is 5.26 Å². The molecule has 23 heavy (non-hydrogen) atoms. The SMILES string of the molecule is CCn1c(-c2ccc([As])c(C)c2)c(C#N)c2ccc(OC)cc21. The van der Waals surface area contributed by atoms with Crippen LogP contribution >= 0.6 is 0 Å². The number of benzene rings is 2. The van der Waals surface area contributed by atoms with E-state index in [9.17, 15) is 5.26 Å². The summed E-state index contributed by atoms with van der Waals surface area (Å²) in [6.45, 7) is 4.98. The van der Waals surface area contributed by atoms with E-state index in [2.05, 4.69) is 59.5 Å². The van der Waals surface area contributed by atoms with Crippen molar-refractivity contribution in [3.63, 3.8) is 0 Å². The topological polar surface area (TPSA) is 38.0 Å². The summed E-state index contributed by atoms with van der Waals surface area (Å²) in [5, 5.41) is 10.7. The van der Waals surface area contributed by atoms with Gasteiger partial charge in [-0.15, -0.1) is 0 Å². The van der Waals surface area contributed by atoms with Crippen molar-refractivity contribution in [2.45, 2.75) is 20.4 Å². The van der Waals surface area contributed by atoms with Gasteiger partial charge in [0, 0.05) is 0 Å². The second-order valence-corrected chi connectivity index (χ2v) is 6.47. The summed E-state index contributed by atoms with van der Waals surface area (Å²) in [7, 11) is 1.66. The standard InChI is InChI=1S/C19H17AsN2O/c1-4-22-18-10-14(23-3)6-7-15(18)16(11-21)19(22)13-5-8-17(20)12(2)9-13/h5-10H,4H2,1-3H3. The third kappa shape index (κ3) is 2.54. The molecular formula is C19H17AsN2O. The minimum atomic E-state index is 0.724. The zero-order valence-electron chi connectivity index (χ0n) is 13.4. The van der Waals surface area contributed by atoms with Crippen LogP contribution in [0.25, 0.3) is 22.2 Å². The van der Waals surface area contributed by atoms with E-state index in [1.807, 2.05) is 18.2 Å². The van der Waals surface area contributed by atoms with E-state index in [1.54, 1.807) is 7.11 Å². The first kappa shape index (κ1) is 15.7. The van der Waals surface area contributed by atoms with Crippen molar-refractivity contribution < 1.29 is 4.74 Å². The first-order valence-corrected chi connectivity index (χ1v) is 8.44. The Morgan fingerprint density at radius 1 is 1.22 bits per heavy atom. The molecule has 0 aliphatic carbocycles. The minimum absolute atomic E-state index is 0.724. The molecular weight excluding hydrogens is 347 g/mol. The number of fused-ring (bicyclic) bond motifs is 1. The van der Waals surface area contributed by atoms with Gasteiger partial charge >= 0.3 is 145 Å². The van der Waals surface area contributed by atoms with E-state index in [0.29, 0.717) is 0 Å². The molecule has 0 saturated heterocycles. The predicted octanol–water partition coefficient (Wildman–Crippen LogP) is 3.31. The van der Waals surface area contributed by atoms with Crippen molar-refractivity contribution in [3.05, 3.63) is 47.5 Å². The summed E-state index contributed by atoms with van der Waals surface area (Å²) in [4.78, 5) is 0. The van der Waals surface area contributed by atoms with Crippen LogP contribution in [0.3, 0.4) is 0 Å². The molecule has 1 aromatic heterocycles. The van der Waals surface area contributed by atoms with Gasteiger partial charge in [0.1, 0.15) is 0 Å². The Balaban J connectivity index is 2.39. The van der Waals surface area contributed by atoms with Gasteiger partial charge in [-0.25, -0.2) is 0 Å². The van der Waals surface area contributed by atoms with Gasteiger partial charge in [-0.05, 0) is 0 Å². The molecule has 0 aliphatic rings. The predicted molar refractivity (Wildman–Crippen MR) is 94.4 cm³/mol. The van der Waals surface area contributed by atoms with Gasteiger partial charge in [-0.3, -0.25) is 0 Å². The number of aryl methyl sites for hydroxylation is 2. The molecule has 2 aromatic carbocycles. The zero-order chi connectivity index (χ0) is 16.6. The average Bonchev–Trinajstić information content (AvgIpc) is 2.89. The molecule has 3 rings (SSSR count). The summed E-state index contributed by atoms with van der Waals surface area (Å²) in [5.74, 6) is 0.804. The number of hydrogen-bond donors (Lipinski definition) is 0. The third-order valence-corrected chi connectivity index (χ3v) is 5.22. The molecule has 0 aliphatic heterocycles. The number of aromatic nitrogens is 1. The Kier molecular flexibility index (Phi) is 4.20. The van der Waals surface area contributed by atoms with Crippen molar-refractivity contribution in [3.8, 4) is 23.1 Å². The van der Waals surface area contributed by atoms with E-state index < -0.39 is 0 Å². The second-order valence-electron chi connectivity index (χ2n) is 5.46. The van der Waals surface area contributed by atoms with Crippen LogP contribution in [0.4, 0.5) is 0 Å². The first-order chi connectivity index (χ1) is 11.1. The number of nitriles is 1. The Bertz CT molecular complexity index is 935. The number of nitrogens with zero attached hydrogens (tertiary/aromatic N) is 2. The van der Waals surface area contributed by atoms with Gasteiger partial charge in [-0.1, -0.05) is 0 Å². The van der Waals surface area contributed by atoms with Crippen LogP contribution < -0.4 is 9.09 Å². The van der Waals surface area contributed by atoms with Gasteiger partial charge in [0.15, 0.2) is 0 Å². The van der Waals surface area contributed by atoms with Crippen LogP contribution in [-0.4, -0.2) is 28.5 Å². The van der Waals surface area contributed by atoms with E-state index in [1.165, 1.54) is 9.91 Å². The molecule has 114 valence electrons. The van der Waals surface area contributed by atoms with Gasteiger partial charge in [0.05, 0.1) is 0 Å². The van der Waals surface area contributed by atoms with Gasteiger partial charge in [0.25, 0.3) is 0 Å². The van der Waals surface area contributed by atoms with Crippen LogP contribution in [0.5, 0.6) is 5.75 Å². The molecule has 0 atom stereocenters. The summed E-state index contributed by atoms with van der Waals surface area (Å²) in [6.07, 6.45) is 0. The molecule has 0 saturated carbocycles. The maximum atomic E-state index is 9.74. The Morgan fingerprint density at radius 3 is 2.61 bits per heavy atom. The molecule has 0 bridgehead atoms. The molecule has 1 heterocycles. The van der Waals surface area contributed by atoms with Gasteiger partial charge in [0.2, 0.25) is 0 Å². The molecule has 0 spiro atoms. The van der Waals surface area contributed by atoms with Crippen molar-refractivity contribution in [1.82, 2.24) is 4.57 Å². The van der Waals surface area contributed by atoms with Crippen LogP contribution in [0, 0.1) is 18.3 Å². The Morgan fingerprint density at radius 2 is 2.00 bits per heavy atom. The van der Waals surface area contributed by atoms with Gasteiger partial charge < -0.3 is 0 Å². The number of ether oxygens (including phenoxy) is 1. The molecule has 0 N–H and O–H groups in total. The molecule has 2 radical (unpaired) electrons. The fraction of sp³-hybridized carbons (Fsp3) is 0.211. The number of rotatable bonds is 3. The fourth-order valence-corrected chi connectivity index (χ4v) is 3.29. The summed E-state index contributed by atoms with van der Waals surface area (Å²) >= 11 is 2.58. The molecule has 4 heteroatoms. The normalized spacial score (nSPS) is 10.7. The van der Waals surface area contributed by atoms with Crippen LogP contribution in [0.15, 0.2) is 36.4 Å². The summed E-state index contributed by atoms with van der Waals surface area (Å²) in [5.41, 5.74) is 5.02. The summed E-state index contributed by atoms with van der Waals surface area (Å²) in [6, 6.07) is 14.6. The summed E-state index contributed by atoms with van der Waals surface area (Å²) < 4.78 is 8.73. The van der Waals surface area contributed by atoms with E-state index in [-0.39, 0.29) is 0 Å². The fourth-order valence-electron chi connectivity index (χ4n) is 3.00. The quantitative estimate of drug-likeness (QED) is 0.669. The first-order valence-electron chi connectivity index (χ1n) is 7.51. The third-order valence-electron chi connectivity index (χ3n) is 4.17. The zero-order valence-corrected chi connectivity index (χ0v) is 15.3. The van der Waals surface area contributed by atoms with Crippen molar-refractivity contribution >= 4 is 32.1 Å². The molecule has 0 amide bonds. The van der Waals surface area contributed by atoms with Crippen molar-refractivity contribution in [2.24, 2.45) is 0 Å². The molecule has 0 unspecified atom stereocenters. The maximum absolute atomic E-state index is 9.74. The van der Waals surface area contributed by atoms with Crippen LogP contribution in [-0.2, 0) is 6.54 Å². The van der Waals surface area contributed by atoms with Crippen LogP contribution in [0.1, 0.15) is 18.1 Å². The number of methoxy groups -OCH3 is 1. The Labute approximate surface area is 145 Å². The Hall–Kier alpha value is -2.17. The molecule has 3 aromatic rings. The average molecular weight is 364 g/mol. The number of hydrogen-bond acceptors (Lipinski definition) is 2. The van der Waals surface area contributed by atoms with Gasteiger partial charge in [-0.2, -0.15) is 0 Å². The second kappa shape index (κ2) is 6.14. The van der Waals surface area contributed by atoms with Crippen LogP contribution in [0.2, 0.25) is 0 Å². The molecule has 0 fully saturated rings. The van der Waals surface area contributed by atoms with E-state index >= 15 is 0 Å². The van der Waals surface area contributed by atoms with Crippen molar-refractivity contribution in [2.75, 3.05) is 7.11 Å². The van der Waals surface area contributed by atoms with E-state index in [0.717, 1.165) is 40.0 Å².